The van der Waals surface area contributed by atoms with Gasteiger partial charge in [-0.2, -0.15) is 0 Å². The summed E-state index contributed by atoms with van der Waals surface area (Å²) in [5.41, 5.74) is 6.06. The zero-order valence-electron chi connectivity index (χ0n) is 10.8. The van der Waals surface area contributed by atoms with Gasteiger partial charge in [0.1, 0.15) is 11.6 Å². The highest BCUT2D eigenvalue weighted by atomic mass is 127. The minimum atomic E-state index is -0.146. The smallest absolute Gasteiger partial charge is 0.254 e. The lowest BCUT2D eigenvalue weighted by molar-refractivity contribution is 0.0701. The first-order valence-electron chi connectivity index (χ1n) is 6.28. The normalized spacial score (nSPS) is 19.9. The fourth-order valence-corrected chi connectivity index (χ4v) is 2.65. The second-order valence-electron chi connectivity index (χ2n) is 4.78. The van der Waals surface area contributed by atoms with E-state index >= 15 is 0 Å². The Labute approximate surface area is 130 Å². The van der Waals surface area contributed by atoms with Gasteiger partial charge in [-0.05, 0) is 53.6 Å². The Morgan fingerprint density at radius 1 is 1.50 bits per heavy atom. The summed E-state index contributed by atoms with van der Waals surface area (Å²) in [6.07, 6.45) is 1.61. The lowest BCUT2D eigenvalue weighted by Crippen LogP contribution is -2.44. The summed E-state index contributed by atoms with van der Waals surface area (Å²) in [7, 11) is 0. The topological polar surface area (TPSA) is 99.2 Å². The maximum absolute atomic E-state index is 12.4. The van der Waals surface area contributed by atoms with Crippen LogP contribution in [0.4, 0.5) is 0 Å². The van der Waals surface area contributed by atoms with Crippen LogP contribution in [0, 0.1) is 9.49 Å². The molecule has 0 saturated carbocycles. The third kappa shape index (κ3) is 3.14. The van der Waals surface area contributed by atoms with Crippen LogP contribution in [0.1, 0.15) is 23.2 Å². The van der Waals surface area contributed by atoms with E-state index in [0.29, 0.717) is 22.2 Å². The molecule has 20 heavy (non-hydrogen) atoms. The highest BCUT2D eigenvalue weighted by Gasteiger charge is 2.27. The number of amides is 1. The summed E-state index contributed by atoms with van der Waals surface area (Å²) in [6, 6.07) is 4.86. The van der Waals surface area contributed by atoms with Crippen molar-refractivity contribution in [3.05, 3.63) is 27.3 Å². The van der Waals surface area contributed by atoms with E-state index in [-0.39, 0.29) is 23.4 Å². The van der Waals surface area contributed by atoms with Gasteiger partial charge in [0.05, 0.1) is 3.57 Å². The number of halogens is 1. The highest BCUT2D eigenvalue weighted by Crippen LogP contribution is 2.23. The van der Waals surface area contributed by atoms with Crippen molar-refractivity contribution in [1.82, 2.24) is 4.90 Å². The molecule has 1 aromatic rings. The number of phenolic OH excluding ortho intramolecular Hbond substituents is 1. The summed E-state index contributed by atoms with van der Waals surface area (Å²) in [5.74, 6) is -0.00307. The Kier molecular flexibility index (Phi) is 4.69. The van der Waals surface area contributed by atoms with Crippen molar-refractivity contribution >= 4 is 34.3 Å². The third-order valence-electron chi connectivity index (χ3n) is 3.44. The molecule has 0 aromatic heterocycles. The number of benzene rings is 1. The Morgan fingerprint density at radius 3 is 2.90 bits per heavy atom. The van der Waals surface area contributed by atoms with Crippen molar-refractivity contribution in [2.45, 2.75) is 12.8 Å². The average molecular weight is 389 g/mol. The quantitative estimate of drug-likeness (QED) is 0.235. The van der Waals surface area contributed by atoms with Gasteiger partial charge in [-0.3, -0.25) is 4.79 Å². The number of nitrogens with two attached hydrogens (primary N) is 1. The van der Waals surface area contributed by atoms with Crippen LogP contribution in [0.2, 0.25) is 0 Å². The molecule has 0 radical (unpaired) electrons. The highest BCUT2D eigenvalue weighted by molar-refractivity contribution is 14.1. The number of carbonyl (C=O) groups is 1. The molecule has 0 bridgehead atoms. The molecule has 1 aliphatic rings. The van der Waals surface area contributed by atoms with E-state index in [4.69, 9.17) is 10.9 Å². The number of rotatable bonds is 2. The predicted molar refractivity (Wildman–Crippen MR) is 82.9 cm³/mol. The fourth-order valence-electron chi connectivity index (χ4n) is 2.31. The Hall–Kier alpha value is -1.51. The lowest BCUT2D eigenvalue weighted by atomic mass is 9.96. The molecular weight excluding hydrogens is 373 g/mol. The first-order chi connectivity index (χ1) is 9.52. The average Bonchev–Trinajstić information content (AvgIpc) is 2.48. The molecule has 7 heteroatoms. The maximum Gasteiger partial charge on any atom is 0.254 e. The second-order valence-corrected chi connectivity index (χ2v) is 5.94. The molecular formula is C13H16IN3O3. The van der Waals surface area contributed by atoms with E-state index in [0.717, 1.165) is 12.8 Å². The van der Waals surface area contributed by atoms with Gasteiger partial charge >= 0.3 is 0 Å². The molecule has 108 valence electrons. The SMILES string of the molecule is N/C(=N/O)C1CCCN(C(=O)c2ccc(I)c(O)c2)C1. The van der Waals surface area contributed by atoms with Crippen molar-refractivity contribution < 1.29 is 15.1 Å². The van der Waals surface area contributed by atoms with Crippen LogP contribution >= 0.6 is 22.6 Å². The number of nitrogens with zero attached hydrogens (tertiary/aromatic N) is 2. The maximum atomic E-state index is 12.4. The molecule has 1 amide bonds. The molecule has 1 fully saturated rings. The van der Waals surface area contributed by atoms with Crippen LogP contribution in [0.15, 0.2) is 23.4 Å². The Morgan fingerprint density at radius 2 is 2.25 bits per heavy atom. The lowest BCUT2D eigenvalue weighted by Gasteiger charge is -2.32. The van der Waals surface area contributed by atoms with E-state index in [1.165, 1.54) is 6.07 Å². The number of carbonyl (C=O) groups excluding carboxylic acids is 1. The van der Waals surface area contributed by atoms with Crippen LogP contribution in [0.5, 0.6) is 5.75 Å². The van der Waals surface area contributed by atoms with E-state index in [9.17, 15) is 9.90 Å². The van der Waals surface area contributed by atoms with Gasteiger partial charge < -0.3 is 20.9 Å². The summed E-state index contributed by atoms with van der Waals surface area (Å²) in [4.78, 5) is 14.1. The molecule has 1 aliphatic heterocycles. The minimum absolute atomic E-state index is 0.0986. The first-order valence-corrected chi connectivity index (χ1v) is 7.36. The van der Waals surface area contributed by atoms with Gasteiger partial charge in [0, 0.05) is 24.6 Å². The molecule has 1 atom stereocenters. The van der Waals surface area contributed by atoms with Crippen molar-refractivity contribution in [2.75, 3.05) is 13.1 Å². The summed E-state index contributed by atoms with van der Waals surface area (Å²) >= 11 is 2.00. The van der Waals surface area contributed by atoms with Crippen molar-refractivity contribution in [3.63, 3.8) is 0 Å². The van der Waals surface area contributed by atoms with E-state index in [1.54, 1.807) is 17.0 Å². The van der Waals surface area contributed by atoms with E-state index < -0.39 is 0 Å². The van der Waals surface area contributed by atoms with Crippen LogP contribution in [-0.2, 0) is 0 Å². The fraction of sp³-hybridized carbons (Fsp3) is 0.385. The monoisotopic (exact) mass is 389 g/mol. The van der Waals surface area contributed by atoms with Gasteiger partial charge in [-0.15, -0.1) is 0 Å². The first kappa shape index (κ1) is 14.9. The van der Waals surface area contributed by atoms with Crippen LogP contribution in [0.3, 0.4) is 0 Å². The number of aromatic hydroxyl groups is 1. The van der Waals surface area contributed by atoms with Gasteiger partial charge in [-0.25, -0.2) is 0 Å². The number of piperidine rings is 1. The molecule has 6 nitrogen and oxygen atoms in total. The van der Waals surface area contributed by atoms with E-state index in [2.05, 4.69) is 5.16 Å². The molecule has 1 heterocycles. The van der Waals surface area contributed by atoms with Crippen LogP contribution < -0.4 is 5.73 Å². The number of oxime groups is 1. The minimum Gasteiger partial charge on any atom is -0.507 e. The standard InChI is InChI=1S/C13H16IN3O3/c14-10-4-3-8(6-11(10)18)13(19)17-5-1-2-9(7-17)12(15)16-20/h3-4,6,9,18,20H,1-2,5,7H2,(H2,15,16). The third-order valence-corrected chi connectivity index (χ3v) is 4.35. The molecule has 1 saturated heterocycles. The van der Waals surface area contributed by atoms with Crippen molar-refractivity contribution in [1.29, 1.82) is 0 Å². The zero-order valence-corrected chi connectivity index (χ0v) is 12.9. The van der Waals surface area contributed by atoms with Crippen LogP contribution in [-0.4, -0.2) is 40.0 Å². The Balaban J connectivity index is 2.14. The molecule has 2 rings (SSSR count). The van der Waals surface area contributed by atoms with Crippen LogP contribution in [0.25, 0.3) is 0 Å². The molecule has 4 N–H and O–H groups in total. The predicted octanol–water partition coefficient (Wildman–Crippen LogP) is 1.60. The molecule has 1 aromatic carbocycles. The number of hydrogen-bond acceptors (Lipinski definition) is 4. The van der Waals surface area contributed by atoms with Gasteiger partial charge in [0.15, 0.2) is 0 Å². The number of hydrogen-bond donors (Lipinski definition) is 3. The summed E-state index contributed by atoms with van der Waals surface area (Å²) < 4.78 is 0.701. The van der Waals surface area contributed by atoms with Gasteiger partial charge in [-0.1, -0.05) is 5.16 Å². The number of phenols is 1. The molecule has 0 spiro atoms. The summed E-state index contributed by atoms with van der Waals surface area (Å²) in [6.45, 7) is 1.07. The second kappa shape index (κ2) is 6.29. The Bertz CT molecular complexity index is 548. The zero-order chi connectivity index (χ0) is 14.7. The van der Waals surface area contributed by atoms with Crippen molar-refractivity contribution in [3.8, 4) is 5.75 Å². The summed E-state index contributed by atoms with van der Waals surface area (Å²) in [5, 5.41) is 21.4. The van der Waals surface area contributed by atoms with E-state index in [1.807, 2.05) is 22.6 Å². The number of amidine groups is 1. The van der Waals surface area contributed by atoms with Gasteiger partial charge in [0.25, 0.3) is 5.91 Å². The molecule has 0 aliphatic carbocycles. The number of likely N-dealkylation sites (tertiary alicyclic amines) is 1. The molecule has 1 unspecified atom stereocenters. The van der Waals surface area contributed by atoms with Gasteiger partial charge in [0.2, 0.25) is 0 Å². The largest absolute Gasteiger partial charge is 0.507 e. The van der Waals surface area contributed by atoms with Crippen molar-refractivity contribution in [2.24, 2.45) is 16.8 Å².